The van der Waals surface area contributed by atoms with Crippen molar-refractivity contribution >= 4 is 5.65 Å². The van der Waals surface area contributed by atoms with E-state index in [0.717, 1.165) is 13.0 Å². The van der Waals surface area contributed by atoms with Gasteiger partial charge in [-0.2, -0.15) is 0 Å². The third-order valence-electron chi connectivity index (χ3n) is 2.58. The first-order chi connectivity index (χ1) is 8.72. The summed E-state index contributed by atoms with van der Waals surface area (Å²) in [4.78, 5) is 15.8. The maximum absolute atomic E-state index is 11.9. The van der Waals surface area contributed by atoms with Crippen molar-refractivity contribution in [1.29, 1.82) is 0 Å². The van der Waals surface area contributed by atoms with Crippen LogP contribution in [0.25, 0.3) is 5.65 Å². The highest BCUT2D eigenvalue weighted by Gasteiger charge is 2.10. The minimum Gasteiger partial charge on any atom is -0.390 e. The number of hydrogen-bond donors (Lipinski definition) is 2. The summed E-state index contributed by atoms with van der Waals surface area (Å²) in [5, 5.41) is 17.0. The molecule has 0 saturated carbocycles. The monoisotopic (exact) mass is 251 g/mol. The zero-order valence-corrected chi connectivity index (χ0v) is 10.3. The van der Waals surface area contributed by atoms with Gasteiger partial charge < -0.3 is 10.4 Å². The summed E-state index contributed by atoms with van der Waals surface area (Å²) in [5.41, 5.74) is 0.221. The number of aliphatic hydroxyl groups excluding tert-OH is 1. The molecule has 0 amide bonds. The molecular formula is C11H17N5O2. The van der Waals surface area contributed by atoms with Crippen LogP contribution in [0.3, 0.4) is 0 Å². The summed E-state index contributed by atoms with van der Waals surface area (Å²) < 4.78 is 2.66. The number of rotatable bonds is 6. The zero-order chi connectivity index (χ0) is 13.0. The molecule has 2 rings (SSSR count). The first kappa shape index (κ1) is 12.7. The van der Waals surface area contributed by atoms with Crippen molar-refractivity contribution in [2.45, 2.75) is 26.0 Å². The van der Waals surface area contributed by atoms with Gasteiger partial charge in [-0.15, -0.1) is 5.10 Å². The van der Waals surface area contributed by atoms with Gasteiger partial charge in [0.1, 0.15) is 0 Å². The molecule has 1 unspecified atom stereocenters. The lowest BCUT2D eigenvalue weighted by Crippen LogP contribution is -2.34. The average Bonchev–Trinajstić information content (AvgIpc) is 2.67. The van der Waals surface area contributed by atoms with Crippen molar-refractivity contribution in [3.8, 4) is 0 Å². The predicted molar refractivity (Wildman–Crippen MR) is 66.4 cm³/mol. The van der Waals surface area contributed by atoms with Crippen LogP contribution >= 0.6 is 0 Å². The molecule has 2 heterocycles. The van der Waals surface area contributed by atoms with E-state index in [4.69, 9.17) is 0 Å². The average molecular weight is 251 g/mol. The molecule has 0 aliphatic heterocycles. The summed E-state index contributed by atoms with van der Waals surface area (Å²) in [6, 6.07) is 0. The summed E-state index contributed by atoms with van der Waals surface area (Å²) in [5.74, 6) is 0. The molecule has 0 aliphatic rings. The van der Waals surface area contributed by atoms with Crippen molar-refractivity contribution in [1.82, 2.24) is 24.5 Å². The second-order valence-corrected chi connectivity index (χ2v) is 4.13. The second-order valence-electron chi connectivity index (χ2n) is 4.13. The van der Waals surface area contributed by atoms with Crippen molar-refractivity contribution in [2.24, 2.45) is 0 Å². The Kier molecular flexibility index (Phi) is 4.06. The minimum absolute atomic E-state index is 0.178. The quantitative estimate of drug-likeness (QED) is 0.660. The molecule has 1 atom stereocenters. The summed E-state index contributed by atoms with van der Waals surface area (Å²) in [6.45, 7) is 3.53. The molecule has 98 valence electrons. The molecule has 7 nitrogen and oxygen atoms in total. The third-order valence-corrected chi connectivity index (χ3v) is 2.58. The fourth-order valence-electron chi connectivity index (χ4n) is 1.71. The summed E-state index contributed by atoms with van der Waals surface area (Å²) in [7, 11) is 0. The Morgan fingerprint density at radius 1 is 1.56 bits per heavy atom. The van der Waals surface area contributed by atoms with Gasteiger partial charge in [0.2, 0.25) is 0 Å². The van der Waals surface area contributed by atoms with E-state index in [1.54, 1.807) is 6.20 Å². The lowest BCUT2D eigenvalue weighted by Gasteiger charge is -2.10. The van der Waals surface area contributed by atoms with Crippen LogP contribution in [0.15, 0.2) is 23.4 Å². The van der Waals surface area contributed by atoms with E-state index in [0.29, 0.717) is 12.2 Å². The first-order valence-electron chi connectivity index (χ1n) is 6.00. The SMILES string of the molecule is CCCNCC(O)Cn1nc2cnccn2c1=O. The standard InChI is InChI=1S/C11H17N5O2/c1-2-3-12-6-9(17)8-16-11(18)15-5-4-13-7-10(15)14-16/h4-5,7,9,12,17H,2-3,6,8H2,1H3. The van der Waals surface area contributed by atoms with Crippen LogP contribution in [0.2, 0.25) is 0 Å². The van der Waals surface area contributed by atoms with Crippen LogP contribution in [-0.4, -0.2) is 43.5 Å². The maximum atomic E-state index is 11.9. The predicted octanol–water partition coefficient (Wildman–Crippen LogP) is -0.749. The molecular weight excluding hydrogens is 234 g/mol. The third kappa shape index (κ3) is 2.74. The van der Waals surface area contributed by atoms with Crippen LogP contribution in [0.1, 0.15) is 13.3 Å². The molecule has 18 heavy (non-hydrogen) atoms. The van der Waals surface area contributed by atoms with Crippen LogP contribution in [0.4, 0.5) is 0 Å². The first-order valence-corrected chi connectivity index (χ1v) is 6.00. The Hall–Kier alpha value is -1.73. The normalized spacial score (nSPS) is 13.0. The van der Waals surface area contributed by atoms with Gasteiger partial charge in [0.05, 0.1) is 18.8 Å². The zero-order valence-electron chi connectivity index (χ0n) is 10.3. The van der Waals surface area contributed by atoms with Gasteiger partial charge in [-0.1, -0.05) is 6.92 Å². The Bertz CT molecular complexity index is 562. The van der Waals surface area contributed by atoms with E-state index < -0.39 is 6.10 Å². The van der Waals surface area contributed by atoms with Gasteiger partial charge in [-0.05, 0) is 13.0 Å². The molecule has 2 aromatic heterocycles. The number of aromatic nitrogens is 4. The lowest BCUT2D eigenvalue weighted by atomic mass is 10.3. The number of nitrogens with one attached hydrogen (secondary N) is 1. The van der Waals surface area contributed by atoms with Gasteiger partial charge in [0.25, 0.3) is 0 Å². The largest absolute Gasteiger partial charge is 0.390 e. The van der Waals surface area contributed by atoms with Gasteiger partial charge >= 0.3 is 5.69 Å². The Balaban J connectivity index is 2.07. The highest BCUT2D eigenvalue weighted by molar-refractivity contribution is 5.31. The number of nitrogens with zero attached hydrogens (tertiary/aromatic N) is 4. The van der Waals surface area contributed by atoms with Gasteiger partial charge in [0.15, 0.2) is 5.65 Å². The van der Waals surface area contributed by atoms with Crippen molar-refractivity contribution in [3.05, 3.63) is 29.1 Å². The van der Waals surface area contributed by atoms with Crippen molar-refractivity contribution in [2.75, 3.05) is 13.1 Å². The van der Waals surface area contributed by atoms with Crippen molar-refractivity contribution < 1.29 is 5.11 Å². The Morgan fingerprint density at radius 2 is 2.39 bits per heavy atom. The van der Waals surface area contributed by atoms with Gasteiger partial charge in [-0.3, -0.25) is 4.98 Å². The molecule has 2 N–H and O–H groups in total. The van der Waals surface area contributed by atoms with E-state index in [9.17, 15) is 9.90 Å². The molecule has 0 radical (unpaired) electrons. The summed E-state index contributed by atoms with van der Waals surface area (Å²) >= 11 is 0. The van der Waals surface area contributed by atoms with Gasteiger partial charge in [0, 0.05) is 18.9 Å². The van der Waals surface area contributed by atoms with E-state index >= 15 is 0 Å². The number of hydrogen-bond acceptors (Lipinski definition) is 5. The van der Waals surface area contributed by atoms with E-state index in [2.05, 4.69) is 22.3 Å². The fraction of sp³-hybridized carbons (Fsp3) is 0.545. The molecule has 0 fully saturated rings. The van der Waals surface area contributed by atoms with Crippen LogP contribution in [0, 0.1) is 0 Å². The molecule has 0 aliphatic carbocycles. The van der Waals surface area contributed by atoms with Crippen molar-refractivity contribution in [3.63, 3.8) is 0 Å². The molecule has 0 spiro atoms. The Labute approximate surface area is 104 Å². The molecule has 2 aromatic rings. The lowest BCUT2D eigenvalue weighted by molar-refractivity contribution is 0.145. The van der Waals surface area contributed by atoms with Crippen LogP contribution in [0.5, 0.6) is 0 Å². The highest BCUT2D eigenvalue weighted by Crippen LogP contribution is 1.93. The molecule has 0 saturated heterocycles. The topological polar surface area (TPSA) is 84.4 Å². The summed E-state index contributed by atoms with van der Waals surface area (Å²) in [6.07, 6.45) is 4.97. The second kappa shape index (κ2) is 5.74. The number of fused-ring (bicyclic) bond motifs is 1. The highest BCUT2D eigenvalue weighted by atomic mass is 16.3. The molecule has 0 bridgehead atoms. The minimum atomic E-state index is -0.632. The number of aliphatic hydroxyl groups is 1. The van der Waals surface area contributed by atoms with E-state index in [1.165, 1.54) is 21.5 Å². The van der Waals surface area contributed by atoms with Gasteiger partial charge in [-0.25, -0.2) is 13.9 Å². The van der Waals surface area contributed by atoms with Crippen LogP contribution < -0.4 is 11.0 Å². The van der Waals surface area contributed by atoms with Crippen LogP contribution in [-0.2, 0) is 6.54 Å². The van der Waals surface area contributed by atoms with E-state index in [1.807, 2.05) is 0 Å². The fourth-order valence-corrected chi connectivity index (χ4v) is 1.71. The van der Waals surface area contributed by atoms with E-state index in [-0.39, 0.29) is 12.2 Å². The molecule has 0 aromatic carbocycles. The smallest absolute Gasteiger partial charge is 0.350 e. The molecule has 7 heteroatoms. The maximum Gasteiger partial charge on any atom is 0.350 e. The Morgan fingerprint density at radius 3 is 3.11 bits per heavy atom.